The molecule has 0 aromatic heterocycles. The Balaban J connectivity index is 2.05. The maximum Gasteiger partial charge on any atom is 0.0593 e. The number of hydrogen-bond donors (Lipinski definition) is 1. The van der Waals surface area contributed by atoms with Gasteiger partial charge in [-0.2, -0.15) is 0 Å². The predicted octanol–water partition coefficient (Wildman–Crippen LogP) is 2.80. The summed E-state index contributed by atoms with van der Waals surface area (Å²) in [5, 5.41) is 0. The van der Waals surface area contributed by atoms with Gasteiger partial charge in [0.2, 0.25) is 0 Å². The van der Waals surface area contributed by atoms with Gasteiger partial charge in [-0.25, -0.2) is 0 Å². The molecule has 0 saturated carbocycles. The highest BCUT2D eigenvalue weighted by Gasteiger charge is 2.38. The third-order valence-corrected chi connectivity index (χ3v) is 4.59. The molecule has 1 aliphatic rings. The Kier molecular flexibility index (Phi) is 5.58. The van der Waals surface area contributed by atoms with Crippen LogP contribution in [-0.2, 0) is 11.3 Å². The van der Waals surface area contributed by atoms with Crippen molar-refractivity contribution >= 4 is 0 Å². The Bertz CT molecular complexity index is 393. The molecule has 0 amide bonds. The molecule has 1 saturated heterocycles. The first kappa shape index (κ1) is 15.5. The number of nitrogens with zero attached hydrogens (tertiary/aromatic N) is 1. The van der Waals surface area contributed by atoms with Crippen LogP contribution in [0.4, 0.5) is 0 Å². The summed E-state index contributed by atoms with van der Waals surface area (Å²) < 4.78 is 5.89. The molecule has 1 aromatic carbocycles. The fourth-order valence-corrected chi connectivity index (χ4v) is 3.22. The molecule has 112 valence electrons. The van der Waals surface area contributed by atoms with Gasteiger partial charge in [0.15, 0.2) is 0 Å². The molecule has 0 spiro atoms. The van der Waals surface area contributed by atoms with Gasteiger partial charge in [-0.1, -0.05) is 43.7 Å². The van der Waals surface area contributed by atoms with Crippen LogP contribution in [0, 0.1) is 0 Å². The van der Waals surface area contributed by atoms with Crippen LogP contribution in [-0.4, -0.2) is 36.7 Å². The van der Waals surface area contributed by atoms with E-state index in [0.717, 1.165) is 32.4 Å². The fourth-order valence-electron chi connectivity index (χ4n) is 3.22. The zero-order valence-corrected chi connectivity index (χ0v) is 12.8. The number of likely N-dealkylation sites (N-methyl/N-ethyl adjacent to an activating group) is 1. The maximum absolute atomic E-state index is 6.15. The smallest absolute Gasteiger partial charge is 0.0593 e. The van der Waals surface area contributed by atoms with E-state index in [1.54, 1.807) is 0 Å². The number of nitrogens with two attached hydrogens (primary N) is 1. The zero-order valence-electron chi connectivity index (χ0n) is 12.8. The van der Waals surface area contributed by atoms with Gasteiger partial charge in [-0.3, -0.25) is 4.90 Å². The summed E-state index contributed by atoms with van der Waals surface area (Å²) >= 11 is 0. The van der Waals surface area contributed by atoms with E-state index in [4.69, 9.17) is 10.5 Å². The Morgan fingerprint density at radius 3 is 2.75 bits per heavy atom. The normalized spacial score (nSPS) is 26.9. The van der Waals surface area contributed by atoms with E-state index in [9.17, 15) is 0 Å². The van der Waals surface area contributed by atoms with E-state index in [2.05, 4.69) is 49.2 Å². The van der Waals surface area contributed by atoms with Crippen molar-refractivity contribution in [1.82, 2.24) is 4.90 Å². The molecule has 1 aliphatic heterocycles. The molecule has 2 rings (SSSR count). The molecule has 1 aromatic rings. The molecular weight excluding hydrogens is 248 g/mol. The van der Waals surface area contributed by atoms with Gasteiger partial charge in [0, 0.05) is 25.2 Å². The first-order valence-electron chi connectivity index (χ1n) is 7.77. The summed E-state index contributed by atoms with van der Waals surface area (Å²) in [7, 11) is 2.20. The first-order chi connectivity index (χ1) is 9.70. The van der Waals surface area contributed by atoms with Gasteiger partial charge in [-0.05, 0) is 31.9 Å². The summed E-state index contributed by atoms with van der Waals surface area (Å²) in [6.07, 6.45) is 4.78. The summed E-state index contributed by atoms with van der Waals surface area (Å²) in [4.78, 5) is 2.44. The van der Waals surface area contributed by atoms with Crippen molar-refractivity contribution in [3.05, 3.63) is 35.9 Å². The largest absolute Gasteiger partial charge is 0.378 e. The second-order valence-corrected chi connectivity index (χ2v) is 6.01. The van der Waals surface area contributed by atoms with Crippen LogP contribution in [0.15, 0.2) is 30.3 Å². The Labute approximate surface area is 123 Å². The van der Waals surface area contributed by atoms with Crippen molar-refractivity contribution in [3.8, 4) is 0 Å². The van der Waals surface area contributed by atoms with Crippen molar-refractivity contribution in [1.29, 1.82) is 0 Å². The quantitative estimate of drug-likeness (QED) is 0.868. The topological polar surface area (TPSA) is 38.5 Å². The van der Waals surface area contributed by atoms with E-state index in [1.165, 1.54) is 12.0 Å². The van der Waals surface area contributed by atoms with Crippen molar-refractivity contribution in [2.45, 2.75) is 50.8 Å². The van der Waals surface area contributed by atoms with E-state index in [1.807, 2.05) is 0 Å². The standard InChI is InChI=1S/C17H28N2O/c1-3-7-16-12-17(14-18,10-11-20-16)19(2)13-15-8-5-4-6-9-15/h4-6,8-9,16H,3,7,10-14,18H2,1-2H3. The maximum atomic E-state index is 6.15. The molecule has 20 heavy (non-hydrogen) atoms. The first-order valence-corrected chi connectivity index (χ1v) is 7.77. The lowest BCUT2D eigenvalue weighted by Crippen LogP contribution is -2.56. The average molecular weight is 276 g/mol. The monoisotopic (exact) mass is 276 g/mol. The van der Waals surface area contributed by atoms with Crippen LogP contribution < -0.4 is 5.73 Å². The summed E-state index contributed by atoms with van der Waals surface area (Å²) in [6, 6.07) is 10.6. The summed E-state index contributed by atoms with van der Waals surface area (Å²) in [6.45, 7) is 4.72. The number of hydrogen-bond acceptors (Lipinski definition) is 3. The summed E-state index contributed by atoms with van der Waals surface area (Å²) in [5.74, 6) is 0. The highest BCUT2D eigenvalue weighted by molar-refractivity contribution is 5.15. The van der Waals surface area contributed by atoms with Crippen LogP contribution in [0.2, 0.25) is 0 Å². The third kappa shape index (κ3) is 3.60. The van der Waals surface area contributed by atoms with Crippen LogP contribution >= 0.6 is 0 Å². The Hall–Kier alpha value is -0.900. The zero-order chi connectivity index (χ0) is 14.4. The van der Waals surface area contributed by atoms with Crippen molar-refractivity contribution in [3.63, 3.8) is 0 Å². The van der Waals surface area contributed by atoms with Gasteiger partial charge in [0.25, 0.3) is 0 Å². The molecule has 1 heterocycles. The average Bonchev–Trinajstić information content (AvgIpc) is 2.48. The van der Waals surface area contributed by atoms with E-state index < -0.39 is 0 Å². The molecule has 3 heteroatoms. The number of benzene rings is 1. The van der Waals surface area contributed by atoms with Crippen molar-refractivity contribution < 1.29 is 4.74 Å². The molecule has 3 nitrogen and oxygen atoms in total. The van der Waals surface area contributed by atoms with E-state index >= 15 is 0 Å². The highest BCUT2D eigenvalue weighted by Crippen LogP contribution is 2.32. The van der Waals surface area contributed by atoms with Gasteiger partial charge >= 0.3 is 0 Å². The van der Waals surface area contributed by atoms with Crippen molar-refractivity contribution in [2.75, 3.05) is 20.2 Å². The third-order valence-electron chi connectivity index (χ3n) is 4.59. The second kappa shape index (κ2) is 7.21. The second-order valence-electron chi connectivity index (χ2n) is 6.01. The van der Waals surface area contributed by atoms with Gasteiger partial charge in [0.05, 0.1) is 6.10 Å². The van der Waals surface area contributed by atoms with Crippen LogP contribution in [0.1, 0.15) is 38.2 Å². The molecule has 0 bridgehead atoms. The van der Waals surface area contributed by atoms with E-state index in [0.29, 0.717) is 12.6 Å². The fraction of sp³-hybridized carbons (Fsp3) is 0.647. The Morgan fingerprint density at radius 1 is 1.35 bits per heavy atom. The summed E-state index contributed by atoms with van der Waals surface area (Å²) in [5.41, 5.74) is 7.59. The SMILES string of the molecule is CCCC1CC(CN)(N(C)Cc2ccccc2)CCO1. The molecule has 2 unspecified atom stereocenters. The van der Waals surface area contributed by atoms with Gasteiger partial charge in [-0.15, -0.1) is 0 Å². The van der Waals surface area contributed by atoms with Crippen LogP contribution in [0.25, 0.3) is 0 Å². The van der Waals surface area contributed by atoms with Crippen molar-refractivity contribution in [2.24, 2.45) is 5.73 Å². The molecular formula is C17H28N2O. The minimum atomic E-state index is 0.0912. The lowest BCUT2D eigenvalue weighted by Gasteiger charge is -2.46. The van der Waals surface area contributed by atoms with Gasteiger partial charge < -0.3 is 10.5 Å². The van der Waals surface area contributed by atoms with E-state index in [-0.39, 0.29) is 5.54 Å². The number of rotatable bonds is 6. The Morgan fingerprint density at radius 2 is 2.10 bits per heavy atom. The van der Waals surface area contributed by atoms with Crippen LogP contribution in [0.3, 0.4) is 0 Å². The minimum absolute atomic E-state index is 0.0912. The minimum Gasteiger partial charge on any atom is -0.378 e. The molecule has 2 N–H and O–H groups in total. The molecule has 1 fully saturated rings. The molecule has 0 radical (unpaired) electrons. The lowest BCUT2D eigenvalue weighted by molar-refractivity contribution is -0.0691. The number of ether oxygens (including phenoxy) is 1. The molecule has 0 aliphatic carbocycles. The lowest BCUT2D eigenvalue weighted by atomic mass is 9.83. The van der Waals surface area contributed by atoms with Crippen LogP contribution in [0.5, 0.6) is 0 Å². The predicted molar refractivity (Wildman–Crippen MR) is 83.6 cm³/mol. The molecule has 2 atom stereocenters. The highest BCUT2D eigenvalue weighted by atomic mass is 16.5. The van der Waals surface area contributed by atoms with Gasteiger partial charge in [0.1, 0.15) is 0 Å².